The molecule has 1 saturated heterocycles. The van der Waals surface area contributed by atoms with E-state index in [2.05, 4.69) is 73.8 Å². The van der Waals surface area contributed by atoms with Gasteiger partial charge in [0.2, 0.25) is 0 Å². The molecule has 0 amide bonds. The SMILES string of the molecule is Cc1cc(C2C(c3ccccn3)NC(=S)N2c2ccc(Br)cc2)c(C)n1-c1ccc(Cl)cc1. The average molecular weight is 538 g/mol. The summed E-state index contributed by atoms with van der Waals surface area (Å²) in [6.45, 7) is 4.29. The van der Waals surface area contributed by atoms with Crippen LogP contribution in [0.4, 0.5) is 5.69 Å². The van der Waals surface area contributed by atoms with Gasteiger partial charge in [-0.3, -0.25) is 4.98 Å². The molecule has 7 heteroatoms. The second-order valence-corrected chi connectivity index (χ2v) is 9.85. The molecule has 166 valence electrons. The number of anilines is 1. The highest BCUT2D eigenvalue weighted by Crippen LogP contribution is 2.43. The molecule has 5 rings (SSSR count). The molecule has 0 saturated carbocycles. The van der Waals surface area contributed by atoms with E-state index in [0.717, 1.165) is 38.0 Å². The lowest BCUT2D eigenvalue weighted by Crippen LogP contribution is -2.29. The number of aromatic nitrogens is 2. The van der Waals surface area contributed by atoms with Gasteiger partial charge in [-0.05, 0) is 98.4 Å². The van der Waals surface area contributed by atoms with E-state index >= 15 is 0 Å². The maximum Gasteiger partial charge on any atom is 0.174 e. The van der Waals surface area contributed by atoms with Crippen molar-refractivity contribution >= 4 is 50.5 Å². The van der Waals surface area contributed by atoms with Crippen molar-refractivity contribution in [3.05, 3.63) is 111 Å². The van der Waals surface area contributed by atoms with Crippen LogP contribution in [0.5, 0.6) is 0 Å². The van der Waals surface area contributed by atoms with Gasteiger partial charge in [0.05, 0.1) is 17.8 Å². The first-order chi connectivity index (χ1) is 15.9. The predicted octanol–water partition coefficient (Wildman–Crippen LogP) is 7.08. The fourth-order valence-corrected chi connectivity index (χ4v) is 5.36. The summed E-state index contributed by atoms with van der Waals surface area (Å²) in [5, 5.41) is 4.96. The van der Waals surface area contributed by atoms with Crippen molar-refractivity contribution in [1.82, 2.24) is 14.9 Å². The molecular weight excluding hydrogens is 516 g/mol. The lowest BCUT2D eigenvalue weighted by molar-refractivity contribution is 0.565. The minimum absolute atomic E-state index is 0.0548. The van der Waals surface area contributed by atoms with E-state index in [1.807, 2.05) is 54.7 Å². The number of hydrogen-bond acceptors (Lipinski definition) is 2. The number of nitrogens with zero attached hydrogens (tertiary/aromatic N) is 3. The van der Waals surface area contributed by atoms with E-state index < -0.39 is 0 Å². The van der Waals surface area contributed by atoms with Gasteiger partial charge in [0.25, 0.3) is 0 Å². The highest BCUT2D eigenvalue weighted by Gasteiger charge is 2.42. The zero-order chi connectivity index (χ0) is 23.1. The number of aryl methyl sites for hydroxylation is 1. The van der Waals surface area contributed by atoms with Crippen molar-refractivity contribution in [1.29, 1.82) is 0 Å². The Morgan fingerprint density at radius 3 is 2.33 bits per heavy atom. The summed E-state index contributed by atoms with van der Waals surface area (Å²) in [6.07, 6.45) is 1.83. The van der Waals surface area contributed by atoms with Gasteiger partial charge >= 0.3 is 0 Å². The lowest BCUT2D eigenvalue weighted by atomic mass is 9.96. The van der Waals surface area contributed by atoms with Crippen LogP contribution in [0, 0.1) is 13.8 Å². The zero-order valence-corrected chi connectivity index (χ0v) is 21.3. The number of rotatable bonds is 4. The molecule has 4 aromatic rings. The molecule has 2 aromatic carbocycles. The van der Waals surface area contributed by atoms with Gasteiger partial charge in [0, 0.05) is 38.5 Å². The van der Waals surface area contributed by atoms with Gasteiger partial charge in [0.1, 0.15) is 0 Å². The quantitative estimate of drug-likeness (QED) is 0.282. The normalized spacial score (nSPS) is 17.9. The van der Waals surface area contributed by atoms with E-state index in [9.17, 15) is 0 Å². The monoisotopic (exact) mass is 536 g/mol. The first-order valence-corrected chi connectivity index (χ1v) is 12.2. The standard InChI is InChI=1S/C26H22BrClN4S/c1-16-15-22(17(2)31(16)20-12-8-19(28)9-13-20)25-24(23-5-3-4-14-29-23)30-26(33)32(25)21-10-6-18(27)7-11-21/h3-15,24-25H,1-2H3,(H,30,33). The Morgan fingerprint density at radius 1 is 0.970 bits per heavy atom. The number of halogens is 2. The molecule has 1 aliphatic heterocycles. The molecule has 0 radical (unpaired) electrons. The second-order valence-electron chi connectivity index (χ2n) is 8.11. The molecule has 0 aliphatic carbocycles. The van der Waals surface area contributed by atoms with Gasteiger partial charge in [-0.2, -0.15) is 0 Å². The third-order valence-electron chi connectivity index (χ3n) is 6.08. The molecule has 1 N–H and O–H groups in total. The third kappa shape index (κ3) is 4.07. The summed E-state index contributed by atoms with van der Waals surface area (Å²) >= 11 is 15.5. The van der Waals surface area contributed by atoms with Crippen LogP contribution in [0.25, 0.3) is 5.69 Å². The number of pyridine rings is 1. The van der Waals surface area contributed by atoms with Crippen LogP contribution in [-0.2, 0) is 0 Å². The average Bonchev–Trinajstić information content (AvgIpc) is 3.31. The van der Waals surface area contributed by atoms with Gasteiger partial charge in [0.15, 0.2) is 5.11 Å². The lowest BCUT2D eigenvalue weighted by Gasteiger charge is -2.28. The van der Waals surface area contributed by atoms with E-state index in [1.165, 1.54) is 5.56 Å². The van der Waals surface area contributed by atoms with Crippen molar-refractivity contribution in [2.75, 3.05) is 4.90 Å². The van der Waals surface area contributed by atoms with Crippen molar-refractivity contribution < 1.29 is 0 Å². The molecule has 3 heterocycles. The van der Waals surface area contributed by atoms with Crippen LogP contribution in [0.1, 0.15) is 34.7 Å². The Morgan fingerprint density at radius 2 is 1.67 bits per heavy atom. The van der Waals surface area contributed by atoms with Crippen LogP contribution >= 0.6 is 39.7 Å². The molecule has 1 aliphatic rings. The summed E-state index contributed by atoms with van der Waals surface area (Å²) in [5.74, 6) is 0. The van der Waals surface area contributed by atoms with Gasteiger partial charge in [-0.15, -0.1) is 0 Å². The van der Waals surface area contributed by atoms with Crippen molar-refractivity contribution in [2.45, 2.75) is 25.9 Å². The molecule has 2 unspecified atom stereocenters. The Bertz CT molecular complexity index is 1300. The molecule has 1 fully saturated rings. The largest absolute Gasteiger partial charge is 0.351 e. The molecular formula is C26H22BrClN4S. The number of thiocarbonyl (C=S) groups is 1. The summed E-state index contributed by atoms with van der Waals surface area (Å²) < 4.78 is 3.30. The predicted molar refractivity (Wildman–Crippen MR) is 142 cm³/mol. The van der Waals surface area contributed by atoms with Crippen molar-refractivity contribution in [2.24, 2.45) is 0 Å². The van der Waals surface area contributed by atoms with Crippen LogP contribution in [0.2, 0.25) is 5.02 Å². The Hall–Kier alpha value is -2.67. The highest BCUT2D eigenvalue weighted by molar-refractivity contribution is 9.10. The summed E-state index contributed by atoms with van der Waals surface area (Å²) in [7, 11) is 0. The van der Waals surface area contributed by atoms with Crippen LogP contribution < -0.4 is 10.2 Å². The number of hydrogen-bond donors (Lipinski definition) is 1. The van der Waals surface area contributed by atoms with E-state index in [-0.39, 0.29) is 12.1 Å². The van der Waals surface area contributed by atoms with Crippen LogP contribution in [0.15, 0.2) is 83.5 Å². The second kappa shape index (κ2) is 8.93. The Balaban J connectivity index is 1.67. The molecule has 2 aromatic heterocycles. The van der Waals surface area contributed by atoms with Gasteiger partial charge < -0.3 is 14.8 Å². The Labute approximate surface area is 212 Å². The summed E-state index contributed by atoms with van der Waals surface area (Å²) in [6, 6.07) is 24.3. The minimum atomic E-state index is -0.0819. The molecule has 0 bridgehead atoms. The van der Waals surface area contributed by atoms with Crippen LogP contribution in [0.3, 0.4) is 0 Å². The molecule has 2 atom stereocenters. The molecule has 33 heavy (non-hydrogen) atoms. The summed E-state index contributed by atoms with van der Waals surface area (Å²) in [5.41, 5.74) is 6.59. The van der Waals surface area contributed by atoms with Gasteiger partial charge in [-0.25, -0.2) is 0 Å². The summed E-state index contributed by atoms with van der Waals surface area (Å²) in [4.78, 5) is 6.87. The highest BCUT2D eigenvalue weighted by atomic mass is 79.9. The molecule has 4 nitrogen and oxygen atoms in total. The van der Waals surface area contributed by atoms with Gasteiger partial charge in [-0.1, -0.05) is 33.6 Å². The molecule has 0 spiro atoms. The minimum Gasteiger partial charge on any atom is -0.351 e. The third-order valence-corrected chi connectivity index (χ3v) is 7.17. The topological polar surface area (TPSA) is 33.1 Å². The fraction of sp³-hybridized carbons (Fsp3) is 0.154. The first kappa shape index (κ1) is 22.1. The van der Waals surface area contributed by atoms with Crippen LogP contribution in [-0.4, -0.2) is 14.7 Å². The Kier molecular flexibility index (Phi) is 5.99. The maximum absolute atomic E-state index is 6.14. The number of nitrogens with one attached hydrogen (secondary N) is 1. The first-order valence-electron chi connectivity index (χ1n) is 10.6. The van der Waals surface area contributed by atoms with Crippen molar-refractivity contribution in [3.8, 4) is 5.69 Å². The van der Waals surface area contributed by atoms with E-state index in [1.54, 1.807) is 0 Å². The number of benzene rings is 2. The van der Waals surface area contributed by atoms with E-state index in [4.69, 9.17) is 23.8 Å². The van der Waals surface area contributed by atoms with Crippen molar-refractivity contribution in [3.63, 3.8) is 0 Å². The fourth-order valence-electron chi connectivity index (χ4n) is 4.63. The van der Waals surface area contributed by atoms with E-state index in [0.29, 0.717) is 5.11 Å². The smallest absolute Gasteiger partial charge is 0.174 e. The zero-order valence-electron chi connectivity index (χ0n) is 18.2. The maximum atomic E-state index is 6.14.